The van der Waals surface area contributed by atoms with Gasteiger partial charge in [-0.2, -0.15) is 0 Å². The Balaban J connectivity index is 1.93. The third-order valence-electron chi connectivity index (χ3n) is 3.42. The molecule has 1 fully saturated rings. The SMILES string of the molecule is O=C(O)[C@@H]1CC(=O)N(CCNc2ccc(Cl)cc2[N+](=O)[O-])C1. The van der Waals surface area contributed by atoms with Crippen LogP contribution in [0.1, 0.15) is 6.42 Å². The van der Waals surface area contributed by atoms with Crippen LogP contribution in [0.2, 0.25) is 5.02 Å². The summed E-state index contributed by atoms with van der Waals surface area (Å²) in [5.74, 6) is -1.89. The number of carboxylic acids is 1. The van der Waals surface area contributed by atoms with E-state index in [-0.39, 0.29) is 42.7 Å². The third kappa shape index (κ3) is 3.64. The summed E-state index contributed by atoms with van der Waals surface area (Å²) in [7, 11) is 0. The second-order valence-electron chi connectivity index (χ2n) is 4.92. The molecule has 1 aromatic carbocycles. The van der Waals surface area contributed by atoms with Crippen molar-refractivity contribution in [1.82, 2.24) is 4.90 Å². The molecule has 2 rings (SSSR count). The number of likely N-dealkylation sites (tertiary alicyclic amines) is 1. The molecular formula is C13H14ClN3O5. The first-order valence-electron chi connectivity index (χ1n) is 6.57. The average Bonchev–Trinajstić information content (AvgIpc) is 2.82. The van der Waals surface area contributed by atoms with E-state index >= 15 is 0 Å². The normalized spacial score (nSPS) is 17.6. The lowest BCUT2D eigenvalue weighted by Crippen LogP contribution is -2.31. The molecule has 1 aromatic rings. The number of nitro benzene ring substituents is 1. The van der Waals surface area contributed by atoms with Gasteiger partial charge in [0.2, 0.25) is 5.91 Å². The Labute approximate surface area is 130 Å². The highest BCUT2D eigenvalue weighted by molar-refractivity contribution is 6.30. The van der Waals surface area contributed by atoms with Crippen LogP contribution in [0.4, 0.5) is 11.4 Å². The highest BCUT2D eigenvalue weighted by Crippen LogP contribution is 2.27. The summed E-state index contributed by atoms with van der Waals surface area (Å²) in [6, 6.07) is 4.26. The van der Waals surface area contributed by atoms with Crippen molar-refractivity contribution in [2.45, 2.75) is 6.42 Å². The molecule has 0 aromatic heterocycles. The van der Waals surface area contributed by atoms with E-state index in [1.807, 2.05) is 0 Å². The van der Waals surface area contributed by atoms with Crippen LogP contribution in [0, 0.1) is 16.0 Å². The van der Waals surface area contributed by atoms with Gasteiger partial charge in [0.1, 0.15) is 5.69 Å². The molecule has 2 N–H and O–H groups in total. The van der Waals surface area contributed by atoms with Crippen LogP contribution in [0.15, 0.2) is 18.2 Å². The van der Waals surface area contributed by atoms with Crippen LogP contribution < -0.4 is 5.32 Å². The molecule has 0 saturated carbocycles. The van der Waals surface area contributed by atoms with Crippen LogP contribution >= 0.6 is 11.6 Å². The summed E-state index contributed by atoms with van der Waals surface area (Å²) in [5, 5.41) is 23.0. The zero-order valence-electron chi connectivity index (χ0n) is 11.5. The van der Waals surface area contributed by atoms with E-state index in [9.17, 15) is 19.7 Å². The van der Waals surface area contributed by atoms with E-state index < -0.39 is 16.8 Å². The second-order valence-corrected chi connectivity index (χ2v) is 5.36. The van der Waals surface area contributed by atoms with E-state index in [1.54, 1.807) is 0 Å². The lowest BCUT2D eigenvalue weighted by molar-refractivity contribution is -0.383. The zero-order chi connectivity index (χ0) is 16.3. The van der Waals surface area contributed by atoms with E-state index in [0.717, 1.165) is 0 Å². The van der Waals surface area contributed by atoms with E-state index in [2.05, 4.69) is 5.32 Å². The summed E-state index contributed by atoms with van der Waals surface area (Å²) in [5.41, 5.74) is 0.152. The minimum Gasteiger partial charge on any atom is -0.481 e. The monoisotopic (exact) mass is 327 g/mol. The lowest BCUT2D eigenvalue weighted by Gasteiger charge is -2.16. The van der Waals surface area contributed by atoms with Gasteiger partial charge >= 0.3 is 5.97 Å². The maximum absolute atomic E-state index is 11.7. The molecule has 1 amide bonds. The number of anilines is 1. The Morgan fingerprint density at radius 1 is 1.55 bits per heavy atom. The molecule has 1 saturated heterocycles. The number of aliphatic carboxylic acids is 1. The quantitative estimate of drug-likeness (QED) is 0.606. The van der Waals surface area contributed by atoms with Crippen LogP contribution in [-0.4, -0.2) is 46.4 Å². The van der Waals surface area contributed by atoms with Crippen LogP contribution in [-0.2, 0) is 9.59 Å². The van der Waals surface area contributed by atoms with Crippen LogP contribution in [0.5, 0.6) is 0 Å². The van der Waals surface area contributed by atoms with Crippen LogP contribution in [0.3, 0.4) is 0 Å². The molecule has 22 heavy (non-hydrogen) atoms. The summed E-state index contributed by atoms with van der Waals surface area (Å²) in [6.07, 6.45) is -0.00355. The Kier molecular flexibility index (Phi) is 4.81. The molecular weight excluding hydrogens is 314 g/mol. The number of nitrogens with one attached hydrogen (secondary N) is 1. The first kappa shape index (κ1) is 16.0. The average molecular weight is 328 g/mol. The molecule has 1 aliphatic rings. The summed E-state index contributed by atoms with van der Waals surface area (Å²) in [4.78, 5) is 34.4. The van der Waals surface area contributed by atoms with Crippen molar-refractivity contribution in [1.29, 1.82) is 0 Å². The molecule has 0 radical (unpaired) electrons. The van der Waals surface area contributed by atoms with Gasteiger partial charge in [-0.1, -0.05) is 11.6 Å². The van der Waals surface area contributed by atoms with E-state index in [0.29, 0.717) is 5.69 Å². The number of hydrogen-bond donors (Lipinski definition) is 2. The Hall–Kier alpha value is -2.35. The minimum atomic E-state index is -0.989. The first-order chi connectivity index (χ1) is 10.4. The van der Waals surface area contributed by atoms with E-state index in [1.165, 1.54) is 23.1 Å². The van der Waals surface area contributed by atoms with Gasteiger partial charge in [-0.3, -0.25) is 19.7 Å². The molecule has 1 atom stereocenters. The largest absolute Gasteiger partial charge is 0.481 e. The fraction of sp³-hybridized carbons (Fsp3) is 0.385. The standard InChI is InChI=1S/C13H14ClN3O5/c14-9-1-2-10(11(6-9)17(21)22)15-3-4-16-7-8(13(19)20)5-12(16)18/h1-2,6,8,15H,3-5,7H2,(H,19,20)/t8-/m1/s1. The maximum atomic E-state index is 11.7. The third-order valence-corrected chi connectivity index (χ3v) is 3.65. The fourth-order valence-electron chi connectivity index (χ4n) is 2.28. The zero-order valence-corrected chi connectivity index (χ0v) is 12.2. The minimum absolute atomic E-state index is 0.00355. The lowest BCUT2D eigenvalue weighted by atomic mass is 10.1. The van der Waals surface area contributed by atoms with Crippen LogP contribution in [0.25, 0.3) is 0 Å². The van der Waals surface area contributed by atoms with Crippen molar-refractivity contribution in [2.75, 3.05) is 25.0 Å². The molecule has 118 valence electrons. The number of nitro groups is 1. The molecule has 0 spiro atoms. The summed E-state index contributed by atoms with van der Waals surface area (Å²) >= 11 is 5.72. The Bertz CT molecular complexity index is 622. The van der Waals surface area contributed by atoms with Crippen molar-refractivity contribution in [3.05, 3.63) is 33.3 Å². The number of rotatable bonds is 6. The van der Waals surface area contributed by atoms with Crippen molar-refractivity contribution < 1.29 is 19.6 Å². The number of carbonyl (C=O) groups excluding carboxylic acids is 1. The smallest absolute Gasteiger partial charge is 0.308 e. The topological polar surface area (TPSA) is 113 Å². The van der Waals surface area contributed by atoms with E-state index in [4.69, 9.17) is 16.7 Å². The predicted molar refractivity (Wildman–Crippen MR) is 78.9 cm³/mol. The number of halogens is 1. The number of carboxylic acid groups (broad SMARTS) is 1. The molecule has 0 unspecified atom stereocenters. The number of amides is 1. The molecule has 9 heteroatoms. The van der Waals surface area contributed by atoms with Gasteiger partial charge in [0.15, 0.2) is 0 Å². The number of hydrogen-bond acceptors (Lipinski definition) is 5. The van der Waals surface area contributed by atoms with Gasteiger partial charge in [0.05, 0.1) is 10.8 Å². The Morgan fingerprint density at radius 2 is 2.27 bits per heavy atom. The molecule has 0 aliphatic carbocycles. The number of carbonyl (C=O) groups is 2. The summed E-state index contributed by atoms with van der Waals surface area (Å²) < 4.78 is 0. The highest BCUT2D eigenvalue weighted by Gasteiger charge is 2.33. The number of nitrogens with zero attached hydrogens (tertiary/aromatic N) is 2. The second kappa shape index (κ2) is 6.61. The highest BCUT2D eigenvalue weighted by atomic mass is 35.5. The van der Waals surface area contributed by atoms with Crippen molar-refractivity contribution >= 4 is 34.9 Å². The Morgan fingerprint density at radius 3 is 2.86 bits per heavy atom. The van der Waals surface area contributed by atoms with Gasteiger partial charge in [-0.25, -0.2) is 0 Å². The first-order valence-corrected chi connectivity index (χ1v) is 6.94. The van der Waals surface area contributed by atoms with Crippen molar-refractivity contribution in [2.24, 2.45) is 5.92 Å². The predicted octanol–water partition coefficient (Wildman–Crippen LogP) is 1.59. The maximum Gasteiger partial charge on any atom is 0.308 e. The molecule has 8 nitrogen and oxygen atoms in total. The van der Waals surface area contributed by atoms with Gasteiger partial charge < -0.3 is 15.3 Å². The summed E-state index contributed by atoms with van der Waals surface area (Å²) in [6.45, 7) is 0.724. The van der Waals surface area contributed by atoms with Crippen molar-refractivity contribution in [3.8, 4) is 0 Å². The van der Waals surface area contributed by atoms with Gasteiger partial charge in [-0.05, 0) is 12.1 Å². The number of benzene rings is 1. The fourth-order valence-corrected chi connectivity index (χ4v) is 2.45. The molecule has 0 bridgehead atoms. The van der Waals surface area contributed by atoms with Gasteiger partial charge in [0, 0.05) is 37.1 Å². The van der Waals surface area contributed by atoms with Crippen molar-refractivity contribution in [3.63, 3.8) is 0 Å². The molecule has 1 aliphatic heterocycles. The molecule has 1 heterocycles. The van der Waals surface area contributed by atoms with Gasteiger partial charge in [-0.15, -0.1) is 0 Å². The van der Waals surface area contributed by atoms with Gasteiger partial charge in [0.25, 0.3) is 5.69 Å².